The number of hydrogen-bond acceptors (Lipinski definition) is 8. The van der Waals surface area contributed by atoms with E-state index < -0.39 is 41.1 Å². The van der Waals surface area contributed by atoms with Crippen LogP contribution in [-0.2, 0) is 22.7 Å². The SMILES string of the molecule is COc1cc(COC(=O)C2=Cc3c([nH]c(=O)n(Cc4cc(F)c(O)c(F)c4)c3=O)SC2)ccn1. The molecule has 0 fully saturated rings. The topological polar surface area (TPSA) is 124 Å². The number of hydrogen-bond donors (Lipinski definition) is 2. The average molecular weight is 489 g/mol. The average Bonchev–Trinajstić information content (AvgIpc) is 2.83. The highest BCUT2D eigenvalue weighted by Crippen LogP contribution is 2.28. The van der Waals surface area contributed by atoms with Gasteiger partial charge in [0.25, 0.3) is 5.56 Å². The van der Waals surface area contributed by atoms with E-state index in [1.807, 2.05) is 0 Å². The second-order valence-electron chi connectivity index (χ2n) is 7.21. The van der Waals surface area contributed by atoms with Gasteiger partial charge in [0.1, 0.15) is 6.61 Å². The number of thioether (sulfide) groups is 1. The molecular formula is C22H17F2N3O6S. The third kappa shape index (κ3) is 4.71. The van der Waals surface area contributed by atoms with E-state index >= 15 is 0 Å². The van der Waals surface area contributed by atoms with Gasteiger partial charge in [-0.25, -0.2) is 23.4 Å². The molecule has 0 unspecified atom stereocenters. The standard InChI is InChI=1S/C22H17F2N3O6S/c1-32-17-6-11(2-3-25-17)9-33-21(30)13-7-14-19(34-10-13)26-22(31)27(20(14)29)8-12-4-15(23)18(28)16(24)5-12/h2-7,28H,8-10H2,1H3,(H,26,31). The summed E-state index contributed by atoms with van der Waals surface area (Å²) in [6.07, 6.45) is 2.84. The number of H-pyrrole nitrogens is 1. The lowest BCUT2D eigenvalue weighted by molar-refractivity contribution is -0.140. The Bertz CT molecular complexity index is 1410. The number of benzene rings is 1. The molecule has 0 aliphatic carbocycles. The first-order valence-corrected chi connectivity index (χ1v) is 10.8. The van der Waals surface area contributed by atoms with Gasteiger partial charge < -0.3 is 19.6 Å². The van der Waals surface area contributed by atoms with Crippen LogP contribution in [0.5, 0.6) is 11.6 Å². The number of halogens is 2. The van der Waals surface area contributed by atoms with Gasteiger partial charge in [0, 0.05) is 23.6 Å². The van der Waals surface area contributed by atoms with E-state index in [2.05, 4.69) is 9.97 Å². The lowest BCUT2D eigenvalue weighted by Crippen LogP contribution is -2.38. The van der Waals surface area contributed by atoms with Crippen LogP contribution in [0.2, 0.25) is 0 Å². The predicted octanol–water partition coefficient (Wildman–Crippen LogP) is 2.20. The highest BCUT2D eigenvalue weighted by Gasteiger charge is 2.23. The Morgan fingerprint density at radius 3 is 2.68 bits per heavy atom. The quantitative estimate of drug-likeness (QED) is 0.399. The second-order valence-corrected chi connectivity index (χ2v) is 8.20. The Labute approximate surface area is 194 Å². The molecule has 12 heteroatoms. The zero-order chi connectivity index (χ0) is 24.4. The summed E-state index contributed by atoms with van der Waals surface area (Å²) >= 11 is 1.08. The number of carbonyl (C=O) groups excluding carboxylic acids is 1. The van der Waals surface area contributed by atoms with Gasteiger partial charge in [-0.15, -0.1) is 11.8 Å². The molecule has 2 aromatic heterocycles. The first kappa shape index (κ1) is 23.2. The van der Waals surface area contributed by atoms with E-state index in [4.69, 9.17) is 9.47 Å². The third-order valence-corrected chi connectivity index (χ3v) is 6.00. The normalized spacial score (nSPS) is 12.6. The van der Waals surface area contributed by atoms with E-state index in [0.29, 0.717) is 11.4 Å². The molecule has 0 radical (unpaired) electrons. The molecule has 4 rings (SSSR count). The fourth-order valence-electron chi connectivity index (χ4n) is 3.22. The van der Waals surface area contributed by atoms with E-state index in [9.17, 15) is 28.3 Å². The van der Waals surface area contributed by atoms with E-state index in [-0.39, 0.29) is 34.1 Å². The summed E-state index contributed by atoms with van der Waals surface area (Å²) in [4.78, 5) is 44.5. The van der Waals surface area contributed by atoms with E-state index in [0.717, 1.165) is 28.5 Å². The van der Waals surface area contributed by atoms with Gasteiger partial charge in [0.05, 0.1) is 24.2 Å². The number of aromatic hydroxyl groups is 1. The number of phenolic OH excluding ortho intramolecular Hbond substituents is 1. The molecule has 9 nitrogen and oxygen atoms in total. The molecule has 0 amide bonds. The minimum absolute atomic E-state index is 0.0413. The van der Waals surface area contributed by atoms with Gasteiger partial charge in [-0.1, -0.05) is 0 Å². The molecule has 3 aromatic rings. The zero-order valence-corrected chi connectivity index (χ0v) is 18.4. The maximum atomic E-state index is 13.7. The van der Waals surface area contributed by atoms with Gasteiger partial charge in [-0.2, -0.15) is 0 Å². The molecule has 0 saturated carbocycles. The van der Waals surface area contributed by atoms with Crippen molar-refractivity contribution in [3.05, 3.63) is 85.2 Å². The summed E-state index contributed by atoms with van der Waals surface area (Å²) in [7, 11) is 1.46. The summed E-state index contributed by atoms with van der Waals surface area (Å²) in [5.41, 5.74) is -0.658. The smallest absolute Gasteiger partial charge is 0.335 e. The van der Waals surface area contributed by atoms with Crippen LogP contribution in [0.4, 0.5) is 8.78 Å². The Morgan fingerprint density at radius 2 is 1.97 bits per heavy atom. The lowest BCUT2D eigenvalue weighted by atomic mass is 10.1. The summed E-state index contributed by atoms with van der Waals surface area (Å²) in [6.45, 7) is -0.488. The Balaban J connectivity index is 1.59. The van der Waals surface area contributed by atoms with Crippen LogP contribution in [0.3, 0.4) is 0 Å². The molecule has 176 valence electrons. The number of fused-ring (bicyclic) bond motifs is 1. The predicted molar refractivity (Wildman–Crippen MR) is 118 cm³/mol. The molecule has 3 heterocycles. The number of carbonyl (C=O) groups is 1. The van der Waals surface area contributed by atoms with Crippen LogP contribution in [0.1, 0.15) is 16.7 Å². The first-order chi connectivity index (χ1) is 16.3. The molecule has 1 aromatic carbocycles. The fraction of sp³-hybridized carbons (Fsp3) is 0.182. The number of phenols is 1. The van der Waals surface area contributed by atoms with E-state index in [1.54, 1.807) is 12.1 Å². The van der Waals surface area contributed by atoms with Crippen LogP contribution in [0.15, 0.2) is 50.7 Å². The molecule has 34 heavy (non-hydrogen) atoms. The molecule has 0 atom stereocenters. The van der Waals surface area contributed by atoms with Crippen LogP contribution in [0, 0.1) is 11.6 Å². The number of ether oxygens (including phenoxy) is 2. The van der Waals surface area contributed by atoms with E-state index in [1.165, 1.54) is 19.4 Å². The summed E-state index contributed by atoms with van der Waals surface area (Å²) in [5, 5.41) is 9.51. The third-order valence-electron chi connectivity index (χ3n) is 4.93. The highest BCUT2D eigenvalue weighted by molar-refractivity contribution is 7.99. The molecular weight excluding hydrogens is 472 g/mol. The summed E-state index contributed by atoms with van der Waals surface area (Å²) < 4.78 is 38.4. The number of aromatic amines is 1. The van der Waals surface area contributed by atoms with Crippen LogP contribution >= 0.6 is 11.8 Å². The van der Waals surface area contributed by atoms with Crippen molar-refractivity contribution in [2.75, 3.05) is 12.9 Å². The maximum absolute atomic E-state index is 13.7. The highest BCUT2D eigenvalue weighted by atomic mass is 32.2. The fourth-order valence-corrected chi connectivity index (χ4v) is 4.18. The van der Waals surface area contributed by atoms with Crippen molar-refractivity contribution in [1.82, 2.24) is 14.5 Å². The molecule has 2 N–H and O–H groups in total. The van der Waals surface area contributed by atoms with Gasteiger partial charge in [0.2, 0.25) is 5.88 Å². The maximum Gasteiger partial charge on any atom is 0.335 e. The van der Waals surface area contributed by atoms with Gasteiger partial charge >= 0.3 is 11.7 Å². The van der Waals surface area contributed by atoms with Gasteiger partial charge in [-0.3, -0.25) is 9.36 Å². The molecule has 1 aliphatic heterocycles. The largest absolute Gasteiger partial charge is 0.503 e. The molecule has 0 saturated heterocycles. The number of esters is 1. The summed E-state index contributed by atoms with van der Waals surface area (Å²) in [5.74, 6) is -3.70. The Morgan fingerprint density at radius 1 is 1.24 bits per heavy atom. The van der Waals surface area contributed by atoms with Crippen molar-refractivity contribution in [2.24, 2.45) is 0 Å². The van der Waals surface area contributed by atoms with Crippen molar-refractivity contribution < 1.29 is 28.2 Å². The van der Waals surface area contributed by atoms with Crippen molar-refractivity contribution in [3.63, 3.8) is 0 Å². The van der Waals surface area contributed by atoms with Crippen molar-refractivity contribution in [1.29, 1.82) is 0 Å². The molecule has 1 aliphatic rings. The number of rotatable bonds is 6. The Kier molecular flexibility index (Phi) is 6.50. The van der Waals surface area contributed by atoms with Crippen LogP contribution < -0.4 is 16.0 Å². The number of nitrogens with one attached hydrogen (secondary N) is 1. The Hall–Kier alpha value is -3.93. The van der Waals surface area contributed by atoms with Crippen molar-refractivity contribution in [2.45, 2.75) is 18.2 Å². The molecule has 0 bridgehead atoms. The molecule has 0 spiro atoms. The van der Waals surface area contributed by atoms with Gasteiger partial charge in [-0.05, 0) is 35.4 Å². The number of pyridine rings is 1. The van der Waals surface area contributed by atoms with Gasteiger partial charge in [0.15, 0.2) is 17.4 Å². The van der Waals surface area contributed by atoms with Crippen molar-refractivity contribution in [3.8, 4) is 11.6 Å². The van der Waals surface area contributed by atoms with Crippen molar-refractivity contribution >= 4 is 23.8 Å². The lowest BCUT2D eigenvalue weighted by Gasteiger charge is -2.16. The number of methoxy groups -OCH3 is 1. The van der Waals surface area contributed by atoms with Crippen LogP contribution in [0.25, 0.3) is 6.08 Å². The monoisotopic (exact) mass is 489 g/mol. The summed E-state index contributed by atoms with van der Waals surface area (Å²) in [6, 6.07) is 4.93. The number of nitrogens with zero attached hydrogens (tertiary/aromatic N) is 2. The second kappa shape index (κ2) is 9.51. The minimum Gasteiger partial charge on any atom is -0.503 e. The first-order valence-electron chi connectivity index (χ1n) is 9.80. The number of aromatic nitrogens is 3. The minimum atomic E-state index is -1.22. The van der Waals surface area contributed by atoms with Crippen LogP contribution in [-0.4, -0.2) is 38.5 Å². The zero-order valence-electron chi connectivity index (χ0n) is 17.6.